The van der Waals surface area contributed by atoms with Crippen LogP contribution in [-0.2, 0) is 0 Å². The Morgan fingerprint density at radius 1 is 1.25 bits per heavy atom. The smallest absolute Gasteiger partial charge is 0.320 e. The zero-order valence-electron chi connectivity index (χ0n) is 12.0. The molecule has 4 bridgehead atoms. The van der Waals surface area contributed by atoms with E-state index in [0.29, 0.717) is 30.3 Å². The number of likely N-dealkylation sites (N-methyl/N-ethyl adjacent to an activating group) is 1. The van der Waals surface area contributed by atoms with Gasteiger partial charge in [-0.2, -0.15) is 0 Å². The van der Waals surface area contributed by atoms with Crippen molar-refractivity contribution in [3.63, 3.8) is 0 Å². The molecule has 0 spiro atoms. The van der Waals surface area contributed by atoms with Gasteiger partial charge in [0.2, 0.25) is 0 Å². The third kappa shape index (κ3) is 1.65. The molecule has 0 aromatic carbocycles. The molecule has 1 heterocycles. The minimum Gasteiger partial charge on any atom is -0.394 e. The molecule has 4 saturated carbocycles. The Hall–Kier alpha value is -0.810. The van der Waals surface area contributed by atoms with Crippen LogP contribution in [0.1, 0.15) is 32.1 Å². The molecular formula is C15H24N2O3. The molecule has 5 nitrogen and oxygen atoms in total. The van der Waals surface area contributed by atoms with Gasteiger partial charge in [-0.1, -0.05) is 0 Å². The normalized spacial score (nSPS) is 50.4. The quantitative estimate of drug-likeness (QED) is 0.781. The molecule has 2 amide bonds. The number of rotatable bonds is 2. The second kappa shape index (κ2) is 4.10. The van der Waals surface area contributed by atoms with Crippen LogP contribution in [0.5, 0.6) is 0 Å². The molecule has 4 aliphatic carbocycles. The highest BCUT2D eigenvalue weighted by Gasteiger charge is 2.58. The van der Waals surface area contributed by atoms with Gasteiger partial charge < -0.3 is 20.0 Å². The molecule has 5 fully saturated rings. The number of hydrogen-bond donors (Lipinski definition) is 2. The molecule has 0 radical (unpaired) electrons. The van der Waals surface area contributed by atoms with Crippen molar-refractivity contribution in [2.24, 2.45) is 17.8 Å². The summed E-state index contributed by atoms with van der Waals surface area (Å²) in [4.78, 5) is 16.1. The Bertz CT molecular complexity index is 425. The summed E-state index contributed by atoms with van der Waals surface area (Å²) in [7, 11) is 1.78. The molecule has 5 heteroatoms. The van der Waals surface area contributed by atoms with E-state index in [2.05, 4.69) is 0 Å². The summed E-state index contributed by atoms with van der Waals surface area (Å²) in [6, 6.07) is 0.287. The van der Waals surface area contributed by atoms with Crippen LogP contribution in [0.15, 0.2) is 0 Å². The lowest BCUT2D eigenvalue weighted by Crippen LogP contribution is -2.62. The number of hydrogen-bond acceptors (Lipinski definition) is 3. The maximum absolute atomic E-state index is 12.5. The molecule has 112 valence electrons. The monoisotopic (exact) mass is 280 g/mol. The lowest BCUT2D eigenvalue weighted by Gasteiger charge is -2.59. The Kier molecular flexibility index (Phi) is 2.65. The van der Waals surface area contributed by atoms with Crippen molar-refractivity contribution in [3.8, 4) is 0 Å². The average molecular weight is 280 g/mol. The van der Waals surface area contributed by atoms with Crippen LogP contribution < -0.4 is 0 Å². The predicted octanol–water partition coefficient (Wildman–Crippen LogP) is 0.654. The first-order valence-electron chi connectivity index (χ1n) is 7.87. The summed E-state index contributed by atoms with van der Waals surface area (Å²) in [5, 5.41) is 20.0. The van der Waals surface area contributed by atoms with Crippen molar-refractivity contribution in [2.75, 3.05) is 20.2 Å². The van der Waals surface area contributed by atoms with E-state index in [4.69, 9.17) is 0 Å². The summed E-state index contributed by atoms with van der Waals surface area (Å²) in [5.74, 6) is 1.58. The summed E-state index contributed by atoms with van der Waals surface area (Å²) in [5.41, 5.74) is -0.446. The van der Waals surface area contributed by atoms with Gasteiger partial charge in [-0.05, 0) is 49.9 Å². The number of aliphatic hydroxyl groups excluding tert-OH is 1. The molecule has 0 aromatic rings. The SMILES string of the molecule is CN1C(=O)N(C2C3CC4CC2CC(O)(C4)C3)CC1CO. The first-order valence-corrected chi connectivity index (χ1v) is 7.87. The van der Waals surface area contributed by atoms with Gasteiger partial charge in [-0.25, -0.2) is 4.79 Å². The van der Waals surface area contributed by atoms with Gasteiger partial charge in [0, 0.05) is 19.6 Å². The van der Waals surface area contributed by atoms with Crippen molar-refractivity contribution in [1.82, 2.24) is 9.80 Å². The van der Waals surface area contributed by atoms with Gasteiger partial charge >= 0.3 is 6.03 Å². The predicted molar refractivity (Wildman–Crippen MR) is 73.0 cm³/mol. The highest BCUT2D eigenvalue weighted by Crippen LogP contribution is 2.57. The van der Waals surface area contributed by atoms with Gasteiger partial charge in [0.05, 0.1) is 18.2 Å². The van der Waals surface area contributed by atoms with E-state index in [0.717, 1.165) is 19.3 Å². The highest BCUT2D eigenvalue weighted by atomic mass is 16.3. The zero-order chi connectivity index (χ0) is 14.1. The fourth-order valence-electron chi connectivity index (χ4n) is 5.68. The largest absolute Gasteiger partial charge is 0.394 e. The van der Waals surface area contributed by atoms with Crippen molar-refractivity contribution < 1.29 is 15.0 Å². The first-order chi connectivity index (χ1) is 9.50. The molecule has 3 unspecified atom stereocenters. The number of nitrogens with zero attached hydrogens (tertiary/aromatic N) is 2. The van der Waals surface area contributed by atoms with Crippen molar-refractivity contribution in [1.29, 1.82) is 0 Å². The lowest BCUT2D eigenvalue weighted by molar-refractivity contribution is -0.152. The standard InChI is InChI=1S/C15H24N2O3/c1-16-12(8-18)7-17(14(16)19)13-10-2-9-3-11(13)6-15(20,4-9)5-10/h9-13,18,20H,2-8H2,1H3. The van der Waals surface area contributed by atoms with E-state index in [-0.39, 0.29) is 18.7 Å². The van der Waals surface area contributed by atoms with Gasteiger partial charge in [0.15, 0.2) is 0 Å². The van der Waals surface area contributed by atoms with E-state index in [9.17, 15) is 15.0 Å². The van der Waals surface area contributed by atoms with Crippen LogP contribution in [0, 0.1) is 17.8 Å². The van der Waals surface area contributed by atoms with E-state index in [1.165, 1.54) is 12.8 Å². The fraction of sp³-hybridized carbons (Fsp3) is 0.933. The Morgan fingerprint density at radius 2 is 1.90 bits per heavy atom. The molecule has 1 saturated heterocycles. The Morgan fingerprint density at radius 3 is 2.40 bits per heavy atom. The minimum atomic E-state index is -0.446. The molecule has 5 rings (SSSR count). The first kappa shape index (κ1) is 12.9. The average Bonchev–Trinajstić information content (AvgIpc) is 2.64. The van der Waals surface area contributed by atoms with Crippen LogP contribution in [0.25, 0.3) is 0 Å². The summed E-state index contributed by atoms with van der Waals surface area (Å²) < 4.78 is 0. The zero-order valence-corrected chi connectivity index (χ0v) is 12.0. The van der Waals surface area contributed by atoms with E-state index >= 15 is 0 Å². The van der Waals surface area contributed by atoms with Crippen LogP contribution >= 0.6 is 0 Å². The number of carbonyl (C=O) groups excluding carboxylic acids is 1. The molecular weight excluding hydrogens is 256 g/mol. The summed E-state index contributed by atoms with van der Waals surface area (Å²) in [6.45, 7) is 0.681. The Balaban J connectivity index is 1.60. The van der Waals surface area contributed by atoms with Gasteiger partial charge in [-0.15, -0.1) is 0 Å². The third-order valence-corrected chi connectivity index (χ3v) is 6.26. The fourth-order valence-corrected chi connectivity index (χ4v) is 5.68. The van der Waals surface area contributed by atoms with Crippen molar-refractivity contribution in [2.45, 2.75) is 49.8 Å². The number of amides is 2. The minimum absolute atomic E-state index is 0.0351. The van der Waals surface area contributed by atoms with Crippen molar-refractivity contribution in [3.05, 3.63) is 0 Å². The van der Waals surface area contributed by atoms with E-state index in [1.807, 2.05) is 4.90 Å². The van der Waals surface area contributed by atoms with Crippen LogP contribution in [-0.4, -0.2) is 63.9 Å². The third-order valence-electron chi connectivity index (χ3n) is 6.26. The Labute approximate surface area is 119 Å². The topological polar surface area (TPSA) is 64.0 Å². The summed E-state index contributed by atoms with van der Waals surface area (Å²) in [6.07, 6.45) is 5.03. The highest BCUT2D eigenvalue weighted by molar-refractivity contribution is 5.77. The molecule has 3 atom stereocenters. The molecule has 20 heavy (non-hydrogen) atoms. The van der Waals surface area contributed by atoms with E-state index in [1.54, 1.807) is 11.9 Å². The summed E-state index contributed by atoms with van der Waals surface area (Å²) >= 11 is 0. The van der Waals surface area contributed by atoms with Crippen LogP contribution in [0.2, 0.25) is 0 Å². The van der Waals surface area contributed by atoms with Gasteiger partial charge in [-0.3, -0.25) is 0 Å². The lowest BCUT2D eigenvalue weighted by atomic mass is 9.52. The molecule has 1 aliphatic heterocycles. The van der Waals surface area contributed by atoms with Crippen molar-refractivity contribution >= 4 is 6.03 Å². The number of aliphatic hydroxyl groups is 2. The van der Waals surface area contributed by atoms with Gasteiger partial charge in [0.25, 0.3) is 0 Å². The molecule has 2 N–H and O–H groups in total. The second-order valence-electron chi connectivity index (χ2n) is 7.57. The van der Waals surface area contributed by atoms with E-state index < -0.39 is 5.60 Å². The van der Waals surface area contributed by atoms with Crippen LogP contribution in [0.4, 0.5) is 4.79 Å². The second-order valence-corrected chi connectivity index (χ2v) is 7.57. The maximum Gasteiger partial charge on any atom is 0.320 e. The molecule has 0 aromatic heterocycles. The number of urea groups is 1. The van der Waals surface area contributed by atoms with Gasteiger partial charge in [0.1, 0.15) is 0 Å². The number of carbonyl (C=O) groups is 1. The van der Waals surface area contributed by atoms with Crippen LogP contribution in [0.3, 0.4) is 0 Å². The molecule has 5 aliphatic rings. The maximum atomic E-state index is 12.5.